The maximum Gasteiger partial charge on any atom is 0.456 e. The van der Waals surface area contributed by atoms with Gasteiger partial charge in [0.1, 0.15) is 0 Å². The van der Waals surface area contributed by atoms with Crippen LogP contribution < -0.4 is 0 Å². The van der Waals surface area contributed by atoms with Crippen LogP contribution in [0.1, 0.15) is 0 Å². The third-order valence-electron chi connectivity index (χ3n) is 0. The van der Waals surface area contributed by atoms with Crippen LogP contribution in [0.2, 0.25) is 0 Å². The molecule has 19 heavy (non-hydrogen) atoms. The van der Waals surface area contributed by atoms with Crippen molar-refractivity contribution in [2.24, 2.45) is 0 Å². The molecule has 2 radical (unpaired) electrons. The zero-order valence-corrected chi connectivity index (χ0v) is 12.3. The first-order valence-electron chi connectivity index (χ1n) is 2.23. The average Bonchev–Trinajstić information content (AvgIpc) is 2.01. The normalized spacial score (nSPS) is 7.79. The van der Waals surface area contributed by atoms with Gasteiger partial charge in [0, 0.05) is 17.1 Å². The molecule has 18 heteroatoms. The molecular formula is CF12FeOP4. The monoisotopic (exact) mass is 436 g/mol. The van der Waals surface area contributed by atoms with Crippen molar-refractivity contribution in [2.45, 2.75) is 0 Å². The number of hydrogen-bond donors (Lipinski definition) is 0. The Bertz CT molecular complexity index is 82.9. The van der Waals surface area contributed by atoms with Crippen LogP contribution in [-0.2, 0) is 21.9 Å². The minimum atomic E-state index is -4.12. The molecule has 0 N–H and O–H groups in total. The van der Waals surface area contributed by atoms with Gasteiger partial charge in [-0.1, -0.05) is 0 Å². The van der Waals surface area contributed by atoms with E-state index in [1.54, 1.807) is 0 Å². The van der Waals surface area contributed by atoms with Crippen LogP contribution in [0.5, 0.6) is 0 Å². The smallest absolute Gasteiger partial charge is 0.281 e. The van der Waals surface area contributed by atoms with Crippen molar-refractivity contribution in [1.29, 1.82) is 0 Å². The third kappa shape index (κ3) is 4860. The van der Waals surface area contributed by atoms with E-state index in [9.17, 15) is 50.4 Å². The fraction of sp³-hybridized carbons (Fsp3) is 0. The Hall–Kier alpha value is 1.07. The van der Waals surface area contributed by atoms with E-state index in [2.05, 4.69) is 6.79 Å². The molecule has 0 aliphatic heterocycles. The van der Waals surface area contributed by atoms with Crippen LogP contribution in [0.3, 0.4) is 0 Å². The van der Waals surface area contributed by atoms with Crippen molar-refractivity contribution in [3.8, 4) is 0 Å². The number of hydrogen-bond acceptors (Lipinski definition) is 1. The van der Waals surface area contributed by atoms with Gasteiger partial charge in [0.05, 0.1) is 0 Å². The molecule has 0 spiro atoms. The summed E-state index contributed by atoms with van der Waals surface area (Å²) in [4.78, 5) is 7.50. The fourth-order valence-electron chi connectivity index (χ4n) is 0. The van der Waals surface area contributed by atoms with Gasteiger partial charge in [-0.25, -0.2) is 0 Å². The molecule has 0 saturated heterocycles. The molecule has 0 bridgehead atoms. The first kappa shape index (κ1) is 36.9. The molecule has 1 nitrogen and oxygen atoms in total. The second-order valence-electron chi connectivity index (χ2n) is 0.767. The van der Waals surface area contributed by atoms with E-state index in [1.165, 1.54) is 0 Å². The van der Waals surface area contributed by atoms with E-state index in [1.807, 2.05) is 0 Å². The first-order chi connectivity index (χ1) is 7.93. The van der Waals surface area contributed by atoms with Crippen molar-refractivity contribution in [1.82, 2.24) is 0 Å². The van der Waals surface area contributed by atoms with Crippen molar-refractivity contribution < 1.29 is 72.2 Å². The van der Waals surface area contributed by atoms with E-state index in [0.717, 1.165) is 0 Å². The maximum atomic E-state index is 9.73. The first-order valence-corrected chi connectivity index (χ1v) is 6.29. The van der Waals surface area contributed by atoms with E-state index in [4.69, 9.17) is 4.79 Å². The van der Waals surface area contributed by atoms with E-state index >= 15 is 0 Å². The SMILES string of the molecule is FP(F)F.FP(F)F.FP(F)F.FP(F)F.[C]=O.[Fe]. The summed E-state index contributed by atoms with van der Waals surface area (Å²) in [6, 6.07) is 0. The van der Waals surface area contributed by atoms with E-state index in [0.29, 0.717) is 0 Å². The Morgan fingerprint density at radius 3 is 0.421 bits per heavy atom. The van der Waals surface area contributed by atoms with Gasteiger partial charge in [-0.05, 0) is 0 Å². The largest absolute Gasteiger partial charge is 0.456 e. The van der Waals surface area contributed by atoms with Gasteiger partial charge in [-0.15, -0.1) is 0 Å². The summed E-state index contributed by atoms with van der Waals surface area (Å²) in [5.41, 5.74) is 0. The van der Waals surface area contributed by atoms with Gasteiger partial charge in [-0.3, -0.25) is 4.79 Å². The van der Waals surface area contributed by atoms with Crippen LogP contribution >= 0.6 is 35.4 Å². The zero-order valence-electron chi connectivity index (χ0n) is 7.59. The van der Waals surface area contributed by atoms with Crippen molar-refractivity contribution in [2.75, 3.05) is 0 Å². The summed E-state index contributed by atoms with van der Waals surface area (Å²) in [6.07, 6.45) is 0. The van der Waals surface area contributed by atoms with Crippen molar-refractivity contribution in [3.05, 3.63) is 0 Å². The van der Waals surface area contributed by atoms with Gasteiger partial charge in [0.2, 0.25) is 0 Å². The second kappa shape index (κ2) is 36.5. The molecule has 0 heterocycles. The van der Waals surface area contributed by atoms with Crippen LogP contribution in [0.15, 0.2) is 0 Å². The third-order valence-corrected chi connectivity index (χ3v) is 0. The Balaban J connectivity index is -0.0000000279. The fourth-order valence-corrected chi connectivity index (χ4v) is 0. The van der Waals surface area contributed by atoms with Crippen molar-refractivity contribution >= 4 is 42.2 Å². The summed E-state index contributed by atoms with van der Waals surface area (Å²) < 4.78 is 117. The molecule has 122 valence electrons. The van der Waals surface area contributed by atoms with Crippen LogP contribution in [0.25, 0.3) is 0 Å². The molecule has 0 atom stereocenters. The minimum absolute atomic E-state index is 0. The Kier molecular flexibility index (Phi) is 70.7. The minimum Gasteiger partial charge on any atom is -0.281 e. The molecule has 0 aliphatic carbocycles. The zero-order chi connectivity index (χ0) is 16.3. The number of rotatable bonds is 0. The molecule has 0 aromatic heterocycles. The molecule has 0 aliphatic rings. The summed E-state index contributed by atoms with van der Waals surface area (Å²) in [6.45, 7) is 4.50. The maximum absolute atomic E-state index is 9.73. The molecule has 0 amide bonds. The van der Waals surface area contributed by atoms with Gasteiger partial charge in [0.25, 0.3) is 6.79 Å². The van der Waals surface area contributed by atoms with Crippen LogP contribution in [0.4, 0.5) is 50.4 Å². The molecule has 0 saturated carbocycles. The topological polar surface area (TPSA) is 17.1 Å². The van der Waals surface area contributed by atoms with Gasteiger partial charge >= 0.3 is 35.4 Å². The van der Waals surface area contributed by atoms with Gasteiger partial charge in [-0.2, -0.15) is 50.4 Å². The second-order valence-corrected chi connectivity index (χ2v) is 2.30. The number of halogens is 12. The van der Waals surface area contributed by atoms with Gasteiger partial charge in [0.15, 0.2) is 0 Å². The Labute approximate surface area is 115 Å². The quantitative estimate of drug-likeness (QED) is 0.213. The van der Waals surface area contributed by atoms with E-state index < -0.39 is 35.4 Å². The predicted molar refractivity (Wildman–Crippen MR) is 46.7 cm³/mol. The standard InChI is InChI=1S/CO.4F3P.Fe/c1-2;4*1-4(2)3;. The summed E-state index contributed by atoms with van der Waals surface area (Å²) in [7, 11) is -16.5. The molecule has 0 aromatic carbocycles. The molecule has 0 unspecified atom stereocenters. The summed E-state index contributed by atoms with van der Waals surface area (Å²) in [5, 5.41) is 0. The van der Waals surface area contributed by atoms with Crippen molar-refractivity contribution in [3.63, 3.8) is 0 Å². The number of carbonyl (C=O) groups excluding carboxylic acids is 1. The predicted octanol–water partition coefficient (Wildman–Crippen LogP) is 8.09. The summed E-state index contributed by atoms with van der Waals surface area (Å²) >= 11 is 0. The molecular weight excluding hydrogens is 436 g/mol. The van der Waals surface area contributed by atoms with E-state index in [-0.39, 0.29) is 17.1 Å². The Morgan fingerprint density at radius 2 is 0.421 bits per heavy atom. The molecule has 0 rings (SSSR count). The van der Waals surface area contributed by atoms with Crippen LogP contribution in [0, 0.1) is 0 Å². The average molecular weight is 436 g/mol. The summed E-state index contributed by atoms with van der Waals surface area (Å²) in [5.74, 6) is 0. The molecule has 0 aromatic rings. The Morgan fingerprint density at radius 1 is 0.421 bits per heavy atom. The molecule has 0 fully saturated rings. The van der Waals surface area contributed by atoms with Crippen LogP contribution in [-0.4, -0.2) is 6.79 Å². The van der Waals surface area contributed by atoms with Gasteiger partial charge < -0.3 is 0 Å².